The molecule has 5 nitrogen and oxygen atoms in total. The Bertz CT molecular complexity index is 1100. The fourth-order valence-corrected chi connectivity index (χ4v) is 5.26. The molecule has 1 aliphatic carbocycles. The third kappa shape index (κ3) is 7.37. The fourth-order valence-electron chi connectivity index (χ4n) is 5.26. The van der Waals surface area contributed by atoms with Crippen molar-refractivity contribution >= 4 is 18.0 Å². The van der Waals surface area contributed by atoms with Gasteiger partial charge in [0.05, 0.1) is 18.6 Å². The van der Waals surface area contributed by atoms with Gasteiger partial charge in [-0.1, -0.05) is 37.1 Å². The van der Waals surface area contributed by atoms with Gasteiger partial charge >= 0.3 is 12.1 Å². The molecule has 1 aliphatic heterocycles. The van der Waals surface area contributed by atoms with Crippen LogP contribution in [-0.4, -0.2) is 41.6 Å². The highest BCUT2D eigenvalue weighted by Gasteiger charge is 2.36. The number of hydrogen-bond donors (Lipinski definition) is 1. The van der Waals surface area contributed by atoms with Crippen molar-refractivity contribution in [3.63, 3.8) is 0 Å². The molecule has 1 amide bonds. The third-order valence-electron chi connectivity index (χ3n) is 7.33. The Kier molecular flexibility index (Phi) is 8.56. The van der Waals surface area contributed by atoms with Crippen molar-refractivity contribution in [3.05, 3.63) is 70.8 Å². The molecule has 0 aromatic heterocycles. The van der Waals surface area contributed by atoms with Crippen LogP contribution in [0, 0.1) is 11.8 Å². The number of hydrogen-bond acceptors (Lipinski definition) is 3. The molecule has 1 saturated carbocycles. The summed E-state index contributed by atoms with van der Waals surface area (Å²) in [5.74, 6) is 0.483. The maximum Gasteiger partial charge on any atom is 0.416 e. The zero-order chi connectivity index (χ0) is 26.4. The van der Waals surface area contributed by atoms with Gasteiger partial charge in [-0.3, -0.25) is 4.79 Å². The molecule has 2 aromatic rings. The number of likely N-dealkylation sites (tertiary alicyclic amines) is 1. The van der Waals surface area contributed by atoms with Crippen LogP contribution in [0.2, 0.25) is 0 Å². The number of carbonyl (C=O) groups is 2. The number of alkyl halides is 3. The van der Waals surface area contributed by atoms with Gasteiger partial charge in [0.1, 0.15) is 5.75 Å². The average molecular weight is 516 g/mol. The smallest absolute Gasteiger partial charge is 0.416 e. The van der Waals surface area contributed by atoms with E-state index in [0.29, 0.717) is 42.6 Å². The van der Waals surface area contributed by atoms with Gasteiger partial charge in [0, 0.05) is 18.7 Å². The van der Waals surface area contributed by atoms with E-state index >= 15 is 0 Å². The summed E-state index contributed by atoms with van der Waals surface area (Å²) in [4.78, 5) is 26.5. The number of amides is 1. The van der Waals surface area contributed by atoms with E-state index in [1.165, 1.54) is 31.1 Å². The highest BCUT2D eigenvalue weighted by Crippen LogP contribution is 2.36. The first kappa shape index (κ1) is 26.8. The van der Waals surface area contributed by atoms with E-state index in [1.54, 1.807) is 24.3 Å². The second kappa shape index (κ2) is 11.8. The lowest BCUT2D eigenvalue weighted by molar-refractivity contribution is -0.137. The van der Waals surface area contributed by atoms with Crippen LogP contribution in [0.4, 0.5) is 13.2 Å². The number of ether oxygens (including phenoxy) is 1. The Morgan fingerprint density at radius 2 is 1.59 bits per heavy atom. The Balaban J connectivity index is 1.26. The second-order valence-electron chi connectivity index (χ2n) is 9.97. The Morgan fingerprint density at radius 1 is 0.973 bits per heavy atom. The standard InChI is InChI=1S/C29H32F3NO4/c30-29(31,32)25-11-7-20(8-12-25)4-3-15-37-26-13-9-21(10-14-26)16-24(28(35)36)17-27(34)33-18-22-5-1-2-6-23(22)19-33/h7-14,16,22-23H,1-6,15,17-19H2,(H,35,36)/b24-16-/t22-,23+. The molecule has 2 aromatic carbocycles. The molecular weight excluding hydrogens is 483 g/mol. The van der Waals surface area contributed by atoms with Crippen LogP contribution < -0.4 is 4.74 Å². The van der Waals surface area contributed by atoms with Gasteiger partial charge in [0.15, 0.2) is 0 Å². The van der Waals surface area contributed by atoms with E-state index in [1.807, 2.05) is 4.90 Å². The van der Waals surface area contributed by atoms with Crippen LogP contribution in [0.25, 0.3) is 6.08 Å². The number of aryl methyl sites for hydroxylation is 1. The van der Waals surface area contributed by atoms with Crippen LogP contribution in [0.5, 0.6) is 5.75 Å². The highest BCUT2D eigenvalue weighted by atomic mass is 19.4. The molecule has 0 radical (unpaired) electrons. The summed E-state index contributed by atoms with van der Waals surface area (Å²) < 4.78 is 43.7. The van der Waals surface area contributed by atoms with Crippen molar-refractivity contribution in [2.24, 2.45) is 11.8 Å². The zero-order valence-electron chi connectivity index (χ0n) is 20.7. The summed E-state index contributed by atoms with van der Waals surface area (Å²) in [6.07, 6.45) is 3.01. The lowest BCUT2D eigenvalue weighted by atomic mass is 9.82. The summed E-state index contributed by atoms with van der Waals surface area (Å²) in [5, 5.41) is 9.66. The van der Waals surface area contributed by atoms with Crippen LogP contribution in [-0.2, 0) is 22.2 Å². The molecule has 0 unspecified atom stereocenters. The first-order valence-electron chi connectivity index (χ1n) is 12.8. The van der Waals surface area contributed by atoms with Gasteiger partial charge in [-0.05, 0) is 79.0 Å². The number of nitrogens with zero attached hydrogens (tertiary/aromatic N) is 1. The predicted molar refractivity (Wildman–Crippen MR) is 134 cm³/mol. The van der Waals surface area contributed by atoms with Crippen molar-refractivity contribution in [3.8, 4) is 5.75 Å². The Morgan fingerprint density at radius 3 is 2.16 bits per heavy atom. The molecule has 0 bridgehead atoms. The molecule has 0 spiro atoms. The maximum absolute atomic E-state index is 12.8. The Hall–Kier alpha value is -3.29. The van der Waals surface area contributed by atoms with Crippen molar-refractivity contribution in [2.45, 2.75) is 51.1 Å². The van der Waals surface area contributed by atoms with Crippen molar-refractivity contribution in [1.29, 1.82) is 0 Å². The van der Waals surface area contributed by atoms with Gasteiger partial charge in [0.2, 0.25) is 5.91 Å². The van der Waals surface area contributed by atoms with E-state index in [0.717, 1.165) is 43.6 Å². The lowest BCUT2D eigenvalue weighted by Crippen LogP contribution is -2.29. The molecular formula is C29H32F3NO4. The first-order valence-corrected chi connectivity index (χ1v) is 12.8. The number of aliphatic carboxylic acids is 1. The molecule has 4 rings (SSSR count). The number of carboxylic acid groups (broad SMARTS) is 1. The normalized spacial score (nSPS) is 20.0. The topological polar surface area (TPSA) is 66.8 Å². The van der Waals surface area contributed by atoms with E-state index in [9.17, 15) is 27.9 Å². The molecule has 2 fully saturated rings. The van der Waals surface area contributed by atoms with E-state index in [4.69, 9.17) is 4.74 Å². The molecule has 1 N–H and O–H groups in total. The summed E-state index contributed by atoms with van der Waals surface area (Å²) in [6, 6.07) is 12.1. The molecule has 2 aliphatic rings. The van der Waals surface area contributed by atoms with Crippen molar-refractivity contribution < 1.29 is 32.6 Å². The number of fused-ring (bicyclic) bond motifs is 1. The molecule has 1 heterocycles. The van der Waals surface area contributed by atoms with Gasteiger partial charge in [0.25, 0.3) is 0 Å². The van der Waals surface area contributed by atoms with Crippen LogP contribution in [0.1, 0.15) is 55.2 Å². The molecule has 37 heavy (non-hydrogen) atoms. The van der Waals surface area contributed by atoms with Crippen LogP contribution in [0.15, 0.2) is 54.1 Å². The summed E-state index contributed by atoms with van der Waals surface area (Å²) in [5.41, 5.74) is 0.869. The molecule has 198 valence electrons. The summed E-state index contributed by atoms with van der Waals surface area (Å²) >= 11 is 0. The average Bonchev–Trinajstić information content (AvgIpc) is 3.31. The molecule has 2 atom stereocenters. The largest absolute Gasteiger partial charge is 0.494 e. The lowest BCUT2D eigenvalue weighted by Gasteiger charge is -2.22. The van der Waals surface area contributed by atoms with Gasteiger partial charge < -0.3 is 14.7 Å². The molecule has 8 heteroatoms. The summed E-state index contributed by atoms with van der Waals surface area (Å²) in [6.45, 7) is 1.87. The first-order chi connectivity index (χ1) is 17.7. The van der Waals surface area contributed by atoms with Gasteiger partial charge in [-0.2, -0.15) is 13.2 Å². The predicted octanol–water partition coefficient (Wildman–Crippen LogP) is 6.22. The highest BCUT2D eigenvalue weighted by molar-refractivity contribution is 5.98. The SMILES string of the molecule is O=C(O)/C(=C\c1ccc(OCCCc2ccc(C(F)(F)F)cc2)cc1)CC(=O)N1C[C@H]2CCCC[C@H]2C1. The zero-order valence-corrected chi connectivity index (χ0v) is 20.7. The van der Waals surface area contributed by atoms with Crippen molar-refractivity contribution in [1.82, 2.24) is 4.90 Å². The molecule has 1 saturated heterocycles. The number of benzene rings is 2. The number of rotatable bonds is 9. The van der Waals surface area contributed by atoms with Crippen LogP contribution in [0.3, 0.4) is 0 Å². The second-order valence-corrected chi connectivity index (χ2v) is 9.97. The van der Waals surface area contributed by atoms with E-state index in [-0.39, 0.29) is 17.9 Å². The van der Waals surface area contributed by atoms with Gasteiger partial charge in [-0.15, -0.1) is 0 Å². The monoisotopic (exact) mass is 515 g/mol. The fraction of sp³-hybridized carbons (Fsp3) is 0.448. The quantitative estimate of drug-likeness (QED) is 0.318. The van der Waals surface area contributed by atoms with Crippen molar-refractivity contribution in [2.75, 3.05) is 19.7 Å². The van der Waals surface area contributed by atoms with E-state index in [2.05, 4.69) is 0 Å². The number of carboxylic acids is 1. The minimum atomic E-state index is -4.34. The maximum atomic E-state index is 12.8. The number of carbonyl (C=O) groups excluding carboxylic acids is 1. The number of halogens is 3. The minimum absolute atomic E-state index is 0.0603. The van der Waals surface area contributed by atoms with Gasteiger partial charge in [-0.25, -0.2) is 4.79 Å². The van der Waals surface area contributed by atoms with E-state index < -0.39 is 17.7 Å². The minimum Gasteiger partial charge on any atom is -0.494 e. The van der Waals surface area contributed by atoms with Crippen LogP contribution >= 0.6 is 0 Å². The summed E-state index contributed by atoms with van der Waals surface area (Å²) in [7, 11) is 0. The third-order valence-corrected chi connectivity index (χ3v) is 7.33. The Labute approximate surface area is 214 Å².